The topological polar surface area (TPSA) is 46.5 Å². The van der Waals surface area contributed by atoms with Crippen LogP contribution < -0.4 is 4.74 Å². The number of benzene rings is 1. The van der Waals surface area contributed by atoms with Gasteiger partial charge in [0.05, 0.1) is 0 Å². The summed E-state index contributed by atoms with van der Waals surface area (Å²) in [5.74, 6) is -0.190. The van der Waals surface area contributed by atoms with Gasteiger partial charge in [-0.05, 0) is 19.1 Å². The largest absolute Gasteiger partial charge is 0.425 e. The zero-order chi connectivity index (χ0) is 8.97. The van der Waals surface area contributed by atoms with E-state index in [1.807, 2.05) is 6.07 Å². The van der Waals surface area contributed by atoms with Crippen molar-refractivity contribution in [2.75, 3.05) is 0 Å². The van der Waals surface area contributed by atoms with Gasteiger partial charge in [-0.25, -0.2) is 4.79 Å². The van der Waals surface area contributed by atoms with Gasteiger partial charge in [-0.15, -0.1) is 0 Å². The number of hydrogen-bond acceptors (Lipinski definition) is 3. The van der Waals surface area contributed by atoms with Crippen LogP contribution in [-0.2, 0) is 24.3 Å². The molecule has 1 atom stereocenters. The van der Waals surface area contributed by atoms with Gasteiger partial charge in [-0.2, -0.15) is 0 Å². The van der Waals surface area contributed by atoms with Gasteiger partial charge >= 0.3 is 5.97 Å². The van der Waals surface area contributed by atoms with E-state index in [4.69, 9.17) is 9.84 Å². The monoisotopic (exact) mass is 230 g/mol. The Labute approximate surface area is 89.5 Å². The maximum atomic E-state index is 10.8. The second-order valence-corrected chi connectivity index (χ2v) is 2.41. The average Bonchev–Trinajstić information content (AvgIpc) is 2.06. The van der Waals surface area contributed by atoms with E-state index >= 15 is 0 Å². The molecule has 1 unspecified atom stereocenters. The first kappa shape index (κ1) is 12.3. The van der Waals surface area contributed by atoms with Crippen molar-refractivity contribution in [2.45, 2.75) is 13.0 Å². The molecule has 0 aromatic heterocycles. The first-order valence-corrected chi connectivity index (χ1v) is 3.65. The van der Waals surface area contributed by atoms with Gasteiger partial charge in [0.25, 0.3) is 0 Å². The van der Waals surface area contributed by atoms with E-state index in [-0.39, 0.29) is 19.5 Å². The fourth-order valence-corrected chi connectivity index (χ4v) is 0.690. The summed E-state index contributed by atoms with van der Waals surface area (Å²) in [6.07, 6.45) is -1.08. The molecule has 13 heavy (non-hydrogen) atoms. The molecule has 4 heteroatoms. The first-order valence-electron chi connectivity index (χ1n) is 3.65. The van der Waals surface area contributed by atoms with E-state index in [0.717, 1.165) is 0 Å². The Morgan fingerprint density at radius 2 is 1.92 bits per heavy atom. The van der Waals surface area contributed by atoms with E-state index in [1.165, 1.54) is 6.92 Å². The van der Waals surface area contributed by atoms with Crippen LogP contribution in [-0.4, -0.2) is 17.2 Å². The summed E-state index contributed by atoms with van der Waals surface area (Å²) >= 11 is 0. The van der Waals surface area contributed by atoms with Crippen LogP contribution in [0.5, 0.6) is 5.75 Å². The summed E-state index contributed by atoms with van der Waals surface area (Å²) < 4.78 is 4.79. The molecule has 0 saturated heterocycles. The van der Waals surface area contributed by atoms with Crippen molar-refractivity contribution in [1.29, 1.82) is 0 Å². The van der Waals surface area contributed by atoms with Crippen LogP contribution in [0.3, 0.4) is 0 Å². The van der Waals surface area contributed by atoms with E-state index in [2.05, 4.69) is 0 Å². The quantitative estimate of drug-likeness (QED) is 0.469. The summed E-state index contributed by atoms with van der Waals surface area (Å²) in [5, 5.41) is 8.81. The Balaban J connectivity index is 0.00000144. The van der Waals surface area contributed by atoms with Gasteiger partial charge in [0.15, 0.2) is 0 Å². The van der Waals surface area contributed by atoms with Crippen LogP contribution in [0.15, 0.2) is 30.3 Å². The molecular weight excluding hydrogens is 221 g/mol. The SMILES string of the molecule is CC(O)C(=O)Oc1ccccc1.[Zn]. The van der Waals surface area contributed by atoms with Crippen LogP contribution in [0.2, 0.25) is 0 Å². The second kappa shape index (κ2) is 5.84. The maximum absolute atomic E-state index is 10.8. The number of aliphatic hydroxyl groups is 1. The van der Waals surface area contributed by atoms with Gasteiger partial charge in [-0.3, -0.25) is 0 Å². The summed E-state index contributed by atoms with van der Waals surface area (Å²) in [7, 11) is 0. The Kier molecular flexibility index (Phi) is 5.51. The molecule has 0 bridgehead atoms. The van der Waals surface area contributed by atoms with Crippen LogP contribution >= 0.6 is 0 Å². The van der Waals surface area contributed by atoms with Crippen molar-refractivity contribution in [3.8, 4) is 5.75 Å². The van der Waals surface area contributed by atoms with E-state index < -0.39 is 12.1 Å². The minimum atomic E-state index is -1.08. The number of para-hydroxylation sites is 1. The molecule has 0 radical (unpaired) electrons. The normalized spacial score (nSPS) is 11.2. The maximum Gasteiger partial charge on any atom is 0.340 e. The third kappa shape index (κ3) is 4.16. The second-order valence-electron chi connectivity index (χ2n) is 2.41. The van der Waals surface area contributed by atoms with Gasteiger partial charge in [-0.1, -0.05) is 18.2 Å². The smallest absolute Gasteiger partial charge is 0.340 e. The molecule has 0 amide bonds. The summed E-state index contributed by atoms with van der Waals surface area (Å²) in [5.41, 5.74) is 0. The number of carbonyl (C=O) groups is 1. The summed E-state index contributed by atoms with van der Waals surface area (Å²) in [4.78, 5) is 10.8. The third-order valence-corrected chi connectivity index (χ3v) is 1.30. The Hall–Kier alpha value is -0.727. The van der Waals surface area contributed by atoms with Gasteiger partial charge in [0, 0.05) is 19.5 Å². The molecule has 0 heterocycles. The molecule has 0 aliphatic carbocycles. The summed E-state index contributed by atoms with van der Waals surface area (Å²) in [6.45, 7) is 1.37. The molecule has 1 aromatic rings. The molecule has 1 rings (SSSR count). The molecular formula is C9H10O3Zn. The fourth-order valence-electron chi connectivity index (χ4n) is 0.690. The Morgan fingerprint density at radius 3 is 2.38 bits per heavy atom. The summed E-state index contributed by atoms with van der Waals surface area (Å²) in [6, 6.07) is 8.63. The molecule has 0 aliphatic heterocycles. The van der Waals surface area contributed by atoms with Crippen LogP contribution in [0.4, 0.5) is 0 Å². The van der Waals surface area contributed by atoms with Gasteiger partial charge < -0.3 is 9.84 Å². The van der Waals surface area contributed by atoms with Crippen LogP contribution in [0.25, 0.3) is 0 Å². The predicted octanol–water partition coefficient (Wildman–Crippen LogP) is 0.970. The van der Waals surface area contributed by atoms with Crippen molar-refractivity contribution in [1.82, 2.24) is 0 Å². The number of carbonyl (C=O) groups excluding carboxylic acids is 1. The fraction of sp³-hybridized carbons (Fsp3) is 0.222. The van der Waals surface area contributed by atoms with Crippen molar-refractivity contribution in [3.05, 3.63) is 30.3 Å². The first-order chi connectivity index (χ1) is 5.70. The van der Waals surface area contributed by atoms with E-state index in [1.54, 1.807) is 24.3 Å². The predicted molar refractivity (Wildman–Crippen MR) is 43.8 cm³/mol. The van der Waals surface area contributed by atoms with E-state index in [9.17, 15) is 4.79 Å². The molecule has 66 valence electrons. The number of rotatable bonds is 2. The van der Waals surface area contributed by atoms with Crippen molar-refractivity contribution in [2.24, 2.45) is 0 Å². The molecule has 0 fully saturated rings. The van der Waals surface area contributed by atoms with Gasteiger partial charge in [0.1, 0.15) is 11.9 Å². The van der Waals surface area contributed by atoms with Crippen LogP contribution in [0.1, 0.15) is 6.92 Å². The minimum Gasteiger partial charge on any atom is -0.425 e. The zero-order valence-electron chi connectivity index (χ0n) is 7.43. The standard InChI is InChI=1S/C9H10O3.Zn/c1-7(10)9(11)12-8-5-3-2-4-6-8;/h2-7,10H,1H3;. The van der Waals surface area contributed by atoms with Gasteiger partial charge in [0.2, 0.25) is 0 Å². The molecule has 0 spiro atoms. The molecule has 3 nitrogen and oxygen atoms in total. The van der Waals surface area contributed by atoms with Crippen molar-refractivity contribution >= 4 is 5.97 Å². The molecule has 1 N–H and O–H groups in total. The average molecular weight is 232 g/mol. The van der Waals surface area contributed by atoms with Crippen LogP contribution in [0, 0.1) is 0 Å². The zero-order valence-corrected chi connectivity index (χ0v) is 10.4. The number of esters is 1. The molecule has 0 aliphatic rings. The third-order valence-electron chi connectivity index (χ3n) is 1.30. The molecule has 0 saturated carbocycles. The molecule has 1 aromatic carbocycles. The number of aliphatic hydroxyl groups excluding tert-OH is 1. The number of hydrogen-bond donors (Lipinski definition) is 1. The Bertz CT molecular complexity index is 259. The van der Waals surface area contributed by atoms with Crippen molar-refractivity contribution in [3.63, 3.8) is 0 Å². The number of ether oxygens (including phenoxy) is 1. The minimum absolute atomic E-state index is 0. The van der Waals surface area contributed by atoms with Crippen molar-refractivity contribution < 1.29 is 34.1 Å². The Morgan fingerprint density at radius 1 is 1.38 bits per heavy atom. The van der Waals surface area contributed by atoms with E-state index in [0.29, 0.717) is 5.75 Å².